The van der Waals surface area contributed by atoms with E-state index in [9.17, 15) is 37.5 Å². The molecule has 1 aliphatic heterocycles. The summed E-state index contributed by atoms with van der Waals surface area (Å²) in [5.74, 6) is -2.16. The molecule has 15 nitrogen and oxygen atoms in total. The Labute approximate surface area is 468 Å². The van der Waals surface area contributed by atoms with Crippen LogP contribution in [0.1, 0.15) is 177 Å². The number of hydrogen-bond donors (Lipinski definition) is 3. The number of Topliss-reactive ketones (excluding diaryl/α,β-unsaturated/α-hetero) is 5. The highest BCUT2D eigenvalue weighted by molar-refractivity contribution is 7.15. The lowest BCUT2D eigenvalue weighted by Gasteiger charge is -2.13. The summed E-state index contributed by atoms with van der Waals surface area (Å²) in [6.45, 7) is 16.1. The van der Waals surface area contributed by atoms with Crippen LogP contribution in [0.15, 0.2) is 0 Å². The Bertz CT molecular complexity index is 2500. The van der Waals surface area contributed by atoms with Gasteiger partial charge in [0.1, 0.15) is 24.4 Å². The maximum absolute atomic E-state index is 13.0. The number of carbonyl (C=O) groups excluding carboxylic acids is 6. The highest BCUT2D eigenvalue weighted by Crippen LogP contribution is 2.27. The fourth-order valence-electron chi connectivity index (χ4n) is 6.71. The average molecular weight is 1180 g/mol. The number of aromatic nitrogens is 5. The number of aryl methyl sites for hydroxylation is 5. The number of nitrogens with zero attached hydrogens (tertiary/aromatic N) is 6. The minimum Gasteiger partial charge on any atom is -0.370 e. The summed E-state index contributed by atoms with van der Waals surface area (Å²) in [5, 5.41) is 10.7. The molecule has 0 unspecified atom stereocenters. The number of primary amides is 1. The number of thiazole rings is 5. The zero-order valence-electron chi connectivity index (χ0n) is 43.3. The van der Waals surface area contributed by atoms with Crippen molar-refractivity contribution < 1.29 is 37.5 Å². The van der Waals surface area contributed by atoms with Crippen LogP contribution in [-0.4, -0.2) is 111 Å². The molecule has 5 aromatic heterocycles. The Morgan fingerprint density at radius 1 is 0.500 bits per heavy atom. The van der Waals surface area contributed by atoms with Crippen LogP contribution < -0.4 is 16.4 Å². The highest BCUT2D eigenvalue weighted by Gasteiger charge is 2.20. The number of amides is 1. The molecule has 1 aliphatic rings. The van der Waals surface area contributed by atoms with Gasteiger partial charge in [-0.1, -0.05) is 61.0 Å². The molecule has 6 heterocycles. The smallest absolute Gasteiger partial charge is 0.234 e. The van der Waals surface area contributed by atoms with E-state index in [4.69, 9.17) is 40.5 Å². The van der Waals surface area contributed by atoms with Gasteiger partial charge in [0.25, 0.3) is 0 Å². The number of carbonyl (C=O) groups is 6. The van der Waals surface area contributed by atoms with E-state index in [1.807, 2.05) is 34.9 Å². The number of halogens is 5. The predicted molar refractivity (Wildman–Crippen MR) is 299 cm³/mol. The van der Waals surface area contributed by atoms with Gasteiger partial charge in [0.2, 0.25) is 17.8 Å². The second-order valence-corrected chi connectivity index (χ2v) is 23.8. The van der Waals surface area contributed by atoms with Crippen molar-refractivity contribution in [3.8, 4) is 0 Å². The predicted octanol–water partition coefficient (Wildman–Crippen LogP) is 12.5. The van der Waals surface area contributed by atoms with Crippen molar-refractivity contribution in [2.45, 2.75) is 138 Å². The number of rotatable bonds is 25. The van der Waals surface area contributed by atoms with E-state index in [2.05, 4.69) is 47.4 Å². The van der Waals surface area contributed by atoms with Crippen LogP contribution in [0.5, 0.6) is 0 Å². The molecule has 1 saturated heterocycles. The van der Waals surface area contributed by atoms with E-state index < -0.39 is 23.6 Å². The van der Waals surface area contributed by atoms with Gasteiger partial charge in [-0.15, -0.1) is 56.7 Å². The van der Waals surface area contributed by atoms with Crippen LogP contribution in [-0.2, 0) is 4.79 Å². The second kappa shape index (κ2) is 36.6. The molecule has 6 rings (SSSR count). The van der Waals surface area contributed by atoms with Crippen molar-refractivity contribution in [1.82, 2.24) is 40.5 Å². The summed E-state index contributed by atoms with van der Waals surface area (Å²) in [6, 6.07) is 0. The lowest BCUT2D eigenvalue weighted by molar-refractivity contribution is -0.118. The maximum Gasteiger partial charge on any atom is 0.234 e. The quantitative estimate of drug-likeness (QED) is 0.0366. The van der Waals surface area contributed by atoms with E-state index in [1.165, 1.54) is 72.8 Å². The number of nitrogens with two attached hydrogens (primary N) is 1. The van der Waals surface area contributed by atoms with E-state index in [1.54, 1.807) is 13.8 Å². The van der Waals surface area contributed by atoms with Gasteiger partial charge in [0.05, 0.1) is 25.0 Å². The van der Waals surface area contributed by atoms with Gasteiger partial charge in [0.15, 0.2) is 44.4 Å². The fraction of sp³-hybridized carbons (Fsp3) is 0.571. The highest BCUT2D eigenvalue weighted by atomic mass is 35.5. The van der Waals surface area contributed by atoms with Crippen LogP contribution in [0.4, 0.5) is 8.78 Å². The average Bonchev–Trinajstić information content (AvgIpc) is 4.22. The Morgan fingerprint density at radius 3 is 1.16 bits per heavy atom. The van der Waals surface area contributed by atoms with Crippen LogP contribution in [0, 0.1) is 46.5 Å². The monoisotopic (exact) mass is 1180 g/mol. The third kappa shape index (κ3) is 25.6. The minimum absolute atomic E-state index is 0.0243. The molecule has 25 heteroatoms. The molecule has 0 spiro atoms. The first-order chi connectivity index (χ1) is 35.1. The first-order valence-electron chi connectivity index (χ1n) is 24.2. The topological polar surface area (TPSA) is 220 Å². The Morgan fingerprint density at radius 2 is 0.838 bits per heavy atom. The summed E-state index contributed by atoms with van der Waals surface area (Å²) < 4.78 is 26.0. The first kappa shape index (κ1) is 66.7. The Balaban J connectivity index is 0.000000318. The normalized spacial score (nSPS) is 11.9. The van der Waals surface area contributed by atoms with Gasteiger partial charge >= 0.3 is 0 Å². The van der Waals surface area contributed by atoms with E-state index in [-0.39, 0.29) is 45.7 Å². The Kier molecular flexibility index (Phi) is 33.0. The molecule has 1 amide bonds. The summed E-state index contributed by atoms with van der Waals surface area (Å²) >= 11 is 23.9. The molecule has 0 aliphatic carbocycles. The molecule has 0 aromatic carbocycles. The largest absolute Gasteiger partial charge is 0.370 e. The molecule has 410 valence electrons. The van der Waals surface area contributed by atoms with Gasteiger partial charge in [-0.2, -0.15) is 8.78 Å². The van der Waals surface area contributed by atoms with E-state index in [0.717, 1.165) is 89.4 Å². The van der Waals surface area contributed by atoms with Crippen molar-refractivity contribution in [2.75, 3.05) is 46.8 Å². The van der Waals surface area contributed by atoms with Gasteiger partial charge < -0.3 is 21.3 Å². The van der Waals surface area contributed by atoms with Crippen molar-refractivity contribution in [3.63, 3.8) is 0 Å². The number of likely N-dealkylation sites (tertiary alicyclic amines) is 1. The molecule has 0 atom stereocenters. The van der Waals surface area contributed by atoms with Crippen LogP contribution in [0.25, 0.3) is 0 Å². The summed E-state index contributed by atoms with van der Waals surface area (Å²) in [7, 11) is 3.69. The molecule has 5 aromatic rings. The molecular formula is C49H68Cl3F2N9O6S5. The zero-order valence-corrected chi connectivity index (χ0v) is 49.6. The van der Waals surface area contributed by atoms with Crippen molar-refractivity contribution in [1.29, 1.82) is 0 Å². The maximum atomic E-state index is 13.0. The Hall–Kier alpha value is -3.42. The van der Waals surface area contributed by atoms with Gasteiger partial charge in [-0.25, -0.2) is 24.9 Å². The van der Waals surface area contributed by atoms with Crippen molar-refractivity contribution >= 4 is 126 Å². The van der Waals surface area contributed by atoms with E-state index >= 15 is 0 Å². The van der Waals surface area contributed by atoms with Crippen LogP contribution in [0.3, 0.4) is 0 Å². The number of nitrogens with one attached hydrogen (secondary N) is 2. The minimum atomic E-state index is -0.762. The molecule has 1 fully saturated rings. The molecule has 0 radical (unpaired) electrons. The summed E-state index contributed by atoms with van der Waals surface area (Å²) in [5.41, 5.74) is 4.86. The van der Waals surface area contributed by atoms with Gasteiger partial charge in [-0.3, -0.25) is 28.8 Å². The SMILES string of the molecule is CCCCCCC(=O)c1sc(C)nc1Cl.CNCCCC(=O)c1sc(C)nc1Cl.CNCCCC(=O)c1sc(C)nc1F.Cc1nc(Cl)c(C(=O)CCCN2CCCC2)s1.Cc1nc(F)c(C(=O)CCC(N)=O)s1. The number of ketones is 5. The van der Waals surface area contributed by atoms with Crippen LogP contribution >= 0.6 is 91.5 Å². The number of unbranched alkanes of at least 4 members (excludes halogenated alkanes) is 3. The van der Waals surface area contributed by atoms with Gasteiger partial charge in [-0.05, 0) is 120 Å². The third-order valence-corrected chi connectivity index (χ3v) is 16.5. The number of hydrogen-bond acceptors (Lipinski definition) is 19. The standard InChI is InChI=1S/C12H17ClN2OS.C11H16ClNOS.C9H13ClN2OS.C9H13FN2OS.C8H9FN2O2S/c1-9-14-12(13)11(17-9)10(16)5-4-8-15-6-2-3-7-15;1-3-4-5-6-7-9(14)10-11(12)13-8(2)15-10;2*1-6-12-9(10)8(14-6)7(13)4-3-5-11-2;1-4-11-8(9)7(14-4)5(12)2-3-6(10)13/h2-8H2,1H3;3-7H2,1-2H3;2*11H,3-5H2,1-2H3;2-3H2,1H3,(H2,10,13). The molecule has 74 heavy (non-hydrogen) atoms. The molecule has 4 N–H and O–H groups in total. The van der Waals surface area contributed by atoms with Crippen molar-refractivity contribution in [2.24, 2.45) is 5.73 Å². The van der Waals surface area contributed by atoms with Crippen molar-refractivity contribution in [3.05, 3.63) is 76.8 Å². The summed E-state index contributed by atoms with van der Waals surface area (Å²) in [4.78, 5) is 92.0. The third-order valence-electron chi connectivity index (χ3n) is 10.3. The first-order valence-corrected chi connectivity index (χ1v) is 29.4. The second-order valence-electron chi connectivity index (χ2n) is 16.7. The molecule has 0 bridgehead atoms. The molecule has 0 saturated carbocycles. The van der Waals surface area contributed by atoms with Gasteiger partial charge in [0, 0.05) is 38.5 Å². The lowest BCUT2D eigenvalue weighted by atomic mass is 10.1. The fourth-order valence-corrected chi connectivity index (χ4v) is 11.8. The van der Waals surface area contributed by atoms with E-state index in [0.29, 0.717) is 65.8 Å². The zero-order chi connectivity index (χ0) is 55.3. The van der Waals surface area contributed by atoms with Crippen LogP contribution in [0.2, 0.25) is 15.5 Å². The lowest BCUT2D eigenvalue weighted by Crippen LogP contribution is -2.20. The molecular weight excluding hydrogens is 1120 g/mol. The summed E-state index contributed by atoms with van der Waals surface area (Å²) in [6.07, 6.45) is 11.5.